The molecular formula is C18H15ClN2O6. The lowest BCUT2D eigenvalue weighted by Gasteiger charge is -2.14. The van der Waals surface area contributed by atoms with Gasteiger partial charge < -0.3 is 14.2 Å². The molecule has 0 unspecified atom stereocenters. The van der Waals surface area contributed by atoms with Crippen LogP contribution in [-0.2, 0) is 9.53 Å². The van der Waals surface area contributed by atoms with Crippen molar-refractivity contribution in [1.29, 1.82) is 0 Å². The van der Waals surface area contributed by atoms with Gasteiger partial charge in [0.1, 0.15) is 0 Å². The van der Waals surface area contributed by atoms with Crippen LogP contribution in [0.2, 0.25) is 5.02 Å². The Bertz CT molecular complexity index is 887. The minimum atomic E-state index is -1.15. The molecule has 0 radical (unpaired) electrons. The molecule has 1 aliphatic heterocycles. The van der Waals surface area contributed by atoms with Crippen LogP contribution in [0.25, 0.3) is 0 Å². The van der Waals surface area contributed by atoms with Gasteiger partial charge in [0.25, 0.3) is 11.8 Å². The summed E-state index contributed by atoms with van der Waals surface area (Å²) in [4.78, 5) is 36.1. The number of ether oxygens (including phenoxy) is 3. The highest BCUT2D eigenvalue weighted by Gasteiger charge is 2.24. The molecule has 0 aromatic heterocycles. The van der Waals surface area contributed by atoms with E-state index in [1.165, 1.54) is 19.1 Å². The zero-order valence-corrected chi connectivity index (χ0v) is 14.9. The van der Waals surface area contributed by atoms with Crippen LogP contribution in [0.15, 0.2) is 42.5 Å². The summed E-state index contributed by atoms with van der Waals surface area (Å²) in [6.07, 6.45) is -1.15. The number of nitrogens with one attached hydrogen (secondary N) is 2. The van der Waals surface area contributed by atoms with E-state index < -0.39 is 23.9 Å². The van der Waals surface area contributed by atoms with Crippen molar-refractivity contribution < 1.29 is 28.6 Å². The number of carbonyl (C=O) groups is 3. The van der Waals surface area contributed by atoms with E-state index in [2.05, 4.69) is 10.9 Å². The Morgan fingerprint density at radius 1 is 1.07 bits per heavy atom. The Hall–Kier alpha value is -3.26. The summed E-state index contributed by atoms with van der Waals surface area (Å²) < 4.78 is 15.4. The van der Waals surface area contributed by atoms with E-state index in [-0.39, 0.29) is 17.4 Å². The molecule has 2 aromatic rings. The first kappa shape index (κ1) is 18.5. The fourth-order valence-corrected chi connectivity index (χ4v) is 2.51. The zero-order valence-electron chi connectivity index (χ0n) is 14.2. The molecule has 3 rings (SSSR count). The fourth-order valence-electron chi connectivity index (χ4n) is 2.25. The molecule has 0 fully saturated rings. The summed E-state index contributed by atoms with van der Waals surface area (Å²) in [5.41, 5.74) is 4.93. The van der Waals surface area contributed by atoms with Crippen LogP contribution < -0.4 is 20.3 Å². The molecule has 2 N–H and O–H groups in total. The van der Waals surface area contributed by atoms with Crippen LogP contribution in [0.1, 0.15) is 27.6 Å². The average Bonchev–Trinajstić information content (AvgIpc) is 3.15. The lowest BCUT2D eigenvalue weighted by molar-refractivity contribution is -0.129. The van der Waals surface area contributed by atoms with Gasteiger partial charge in [-0.05, 0) is 31.2 Å². The number of rotatable bonds is 4. The fraction of sp³-hybridized carbons (Fsp3) is 0.167. The molecule has 0 saturated carbocycles. The van der Waals surface area contributed by atoms with Crippen LogP contribution in [-0.4, -0.2) is 30.7 Å². The minimum absolute atomic E-state index is 0.00742. The molecule has 1 heterocycles. The van der Waals surface area contributed by atoms with Crippen LogP contribution in [0.5, 0.6) is 11.5 Å². The van der Waals surface area contributed by atoms with Crippen molar-refractivity contribution in [3.05, 3.63) is 58.6 Å². The van der Waals surface area contributed by atoms with Gasteiger partial charge in [-0.25, -0.2) is 4.79 Å². The number of halogens is 1. The summed E-state index contributed by atoms with van der Waals surface area (Å²) in [5.74, 6) is -1.29. The lowest BCUT2D eigenvalue weighted by atomic mass is 10.2. The molecule has 2 aromatic carbocycles. The van der Waals surface area contributed by atoms with Crippen LogP contribution in [0, 0.1) is 0 Å². The van der Waals surface area contributed by atoms with Crippen molar-refractivity contribution in [1.82, 2.24) is 10.9 Å². The van der Waals surface area contributed by atoms with Gasteiger partial charge in [0.2, 0.25) is 6.79 Å². The third kappa shape index (κ3) is 4.29. The summed E-state index contributed by atoms with van der Waals surface area (Å²) in [6, 6.07) is 11.1. The Morgan fingerprint density at radius 2 is 1.81 bits per heavy atom. The first-order valence-corrected chi connectivity index (χ1v) is 8.29. The highest BCUT2D eigenvalue weighted by molar-refractivity contribution is 6.32. The van der Waals surface area contributed by atoms with Gasteiger partial charge in [-0.15, -0.1) is 0 Å². The standard InChI is InChI=1S/C18H15ClN2O6/c1-10(16(22)20-21-17(23)11-5-3-2-4-6-11)27-18(24)12-7-13(19)15-14(8-12)25-9-26-15/h2-8,10H,9H2,1H3,(H,20,22)(H,21,23)/t10-/m0/s1. The number of esters is 1. The van der Waals surface area contributed by atoms with Crippen molar-refractivity contribution in [2.45, 2.75) is 13.0 Å². The molecule has 27 heavy (non-hydrogen) atoms. The summed E-state index contributed by atoms with van der Waals surface area (Å²) in [5, 5.41) is 0.198. The number of amides is 2. The largest absolute Gasteiger partial charge is 0.454 e. The minimum Gasteiger partial charge on any atom is -0.454 e. The highest BCUT2D eigenvalue weighted by atomic mass is 35.5. The monoisotopic (exact) mass is 390 g/mol. The zero-order chi connectivity index (χ0) is 19.4. The predicted molar refractivity (Wildman–Crippen MR) is 94.5 cm³/mol. The first-order chi connectivity index (χ1) is 13.0. The van der Waals surface area contributed by atoms with Gasteiger partial charge in [0.05, 0.1) is 10.6 Å². The summed E-state index contributed by atoms with van der Waals surface area (Å²) in [6.45, 7) is 1.38. The Balaban J connectivity index is 1.56. The van der Waals surface area contributed by atoms with Crippen molar-refractivity contribution in [2.24, 2.45) is 0 Å². The molecule has 0 aliphatic carbocycles. The molecule has 2 amide bonds. The Labute approximate surface area is 159 Å². The van der Waals surface area contributed by atoms with Crippen LogP contribution in [0.3, 0.4) is 0 Å². The molecule has 0 saturated heterocycles. The van der Waals surface area contributed by atoms with Gasteiger partial charge >= 0.3 is 5.97 Å². The second-order valence-electron chi connectivity index (χ2n) is 5.55. The van der Waals surface area contributed by atoms with E-state index in [1.54, 1.807) is 30.3 Å². The van der Waals surface area contributed by atoms with Gasteiger partial charge in [-0.2, -0.15) is 0 Å². The Kier molecular flexibility index (Phi) is 5.46. The van der Waals surface area contributed by atoms with E-state index >= 15 is 0 Å². The molecular weight excluding hydrogens is 376 g/mol. The second-order valence-corrected chi connectivity index (χ2v) is 5.96. The number of benzene rings is 2. The van der Waals surface area contributed by atoms with E-state index in [0.717, 1.165) is 0 Å². The average molecular weight is 391 g/mol. The van der Waals surface area contributed by atoms with Crippen LogP contribution in [0.4, 0.5) is 0 Å². The maximum atomic E-state index is 12.2. The molecule has 9 heteroatoms. The number of hydrazine groups is 1. The topological polar surface area (TPSA) is 103 Å². The predicted octanol–water partition coefficient (Wildman–Crippen LogP) is 2.08. The maximum absolute atomic E-state index is 12.2. The lowest BCUT2D eigenvalue weighted by Crippen LogP contribution is -2.46. The van der Waals surface area contributed by atoms with Crippen LogP contribution >= 0.6 is 11.6 Å². The quantitative estimate of drug-likeness (QED) is 0.612. The third-order valence-electron chi connectivity index (χ3n) is 3.65. The van der Waals surface area contributed by atoms with Gasteiger partial charge in [-0.3, -0.25) is 20.4 Å². The number of hydrogen-bond donors (Lipinski definition) is 2. The van der Waals surface area contributed by atoms with Crippen molar-refractivity contribution in [3.63, 3.8) is 0 Å². The van der Waals surface area contributed by atoms with E-state index in [9.17, 15) is 14.4 Å². The highest BCUT2D eigenvalue weighted by Crippen LogP contribution is 2.39. The van der Waals surface area contributed by atoms with Gasteiger partial charge in [-0.1, -0.05) is 29.8 Å². The second kappa shape index (κ2) is 7.96. The van der Waals surface area contributed by atoms with Crippen molar-refractivity contribution >= 4 is 29.4 Å². The molecule has 1 atom stereocenters. The molecule has 140 valence electrons. The SMILES string of the molecule is C[C@H](OC(=O)c1cc(Cl)c2c(c1)OCO2)C(=O)NNC(=O)c1ccccc1. The van der Waals surface area contributed by atoms with E-state index in [0.29, 0.717) is 17.1 Å². The number of carbonyl (C=O) groups excluding carboxylic acids is 3. The number of hydrogen-bond acceptors (Lipinski definition) is 6. The van der Waals surface area contributed by atoms with Gasteiger partial charge in [0, 0.05) is 5.56 Å². The van der Waals surface area contributed by atoms with Crippen molar-refractivity contribution in [2.75, 3.05) is 6.79 Å². The molecule has 0 spiro atoms. The number of fused-ring (bicyclic) bond motifs is 1. The molecule has 8 nitrogen and oxygen atoms in total. The summed E-state index contributed by atoms with van der Waals surface area (Å²) >= 11 is 6.02. The smallest absolute Gasteiger partial charge is 0.339 e. The first-order valence-electron chi connectivity index (χ1n) is 7.91. The van der Waals surface area contributed by atoms with E-state index in [4.69, 9.17) is 25.8 Å². The molecule has 1 aliphatic rings. The normalized spacial score (nSPS) is 12.8. The van der Waals surface area contributed by atoms with Gasteiger partial charge in [0.15, 0.2) is 17.6 Å². The molecule has 0 bridgehead atoms. The Morgan fingerprint density at radius 3 is 2.56 bits per heavy atom. The van der Waals surface area contributed by atoms with Crippen molar-refractivity contribution in [3.8, 4) is 11.5 Å². The third-order valence-corrected chi connectivity index (χ3v) is 3.93. The summed E-state index contributed by atoms with van der Waals surface area (Å²) in [7, 11) is 0. The van der Waals surface area contributed by atoms with E-state index in [1.807, 2.05) is 0 Å². The maximum Gasteiger partial charge on any atom is 0.339 e.